The zero-order valence-electron chi connectivity index (χ0n) is 43.9. The van der Waals surface area contributed by atoms with Gasteiger partial charge in [-0.25, -0.2) is 0 Å². The SMILES string of the molecule is CC(C)N(C)C.CC(C)NCC1CCCCC1.CC(C)Nc1ccccc1.CNC(C)C.CNC(C)C.CNC(C)C.CNC(C)C.CNC(C)C.CNC(C)C. The molecule has 0 atom stereocenters. The normalized spacial score (nSPS) is 12.0. The Kier molecular flexibility index (Phi) is 67.4. The number of nitrogens with one attached hydrogen (secondary N) is 8. The van der Waals surface area contributed by atoms with Gasteiger partial charge < -0.3 is 47.4 Å². The van der Waals surface area contributed by atoms with Crippen LogP contribution >= 0.6 is 0 Å². The fourth-order valence-electron chi connectivity index (χ4n) is 2.66. The molecular weight excluding hydrogens is 703 g/mol. The highest BCUT2D eigenvalue weighted by Crippen LogP contribution is 2.22. The van der Waals surface area contributed by atoms with Gasteiger partial charge in [-0.2, -0.15) is 0 Å². The Bertz CT molecular complexity index is 707. The van der Waals surface area contributed by atoms with Crippen LogP contribution in [0.25, 0.3) is 0 Å². The first-order valence-corrected chi connectivity index (χ1v) is 22.6. The molecule has 350 valence electrons. The summed E-state index contributed by atoms with van der Waals surface area (Å²) in [5.41, 5.74) is 1.19. The van der Waals surface area contributed by atoms with Crippen LogP contribution in [0, 0.1) is 5.92 Å². The topological polar surface area (TPSA) is 99.5 Å². The van der Waals surface area contributed by atoms with Gasteiger partial charge >= 0.3 is 0 Å². The molecule has 0 saturated heterocycles. The summed E-state index contributed by atoms with van der Waals surface area (Å²) in [4.78, 5) is 2.17. The molecular formula is C48H113N9. The van der Waals surface area contributed by atoms with Gasteiger partial charge in [0, 0.05) is 60.1 Å². The zero-order chi connectivity index (χ0) is 46.4. The Morgan fingerprint density at radius 2 is 0.702 bits per heavy atom. The number of benzene rings is 1. The number of rotatable bonds is 12. The van der Waals surface area contributed by atoms with E-state index in [-0.39, 0.29) is 0 Å². The summed E-state index contributed by atoms with van der Waals surface area (Å²) in [6.45, 7) is 39.6. The number of anilines is 1. The predicted molar refractivity (Wildman–Crippen MR) is 269 cm³/mol. The van der Waals surface area contributed by atoms with Crippen LogP contribution in [0.4, 0.5) is 5.69 Å². The van der Waals surface area contributed by atoms with Crippen LogP contribution in [0.3, 0.4) is 0 Å². The predicted octanol–water partition coefficient (Wildman–Crippen LogP) is 9.71. The van der Waals surface area contributed by atoms with E-state index in [1.54, 1.807) is 0 Å². The molecule has 0 amide bonds. The van der Waals surface area contributed by atoms with Crippen molar-refractivity contribution in [3.8, 4) is 0 Å². The van der Waals surface area contributed by atoms with Gasteiger partial charge in [-0.3, -0.25) is 0 Å². The lowest BCUT2D eigenvalue weighted by Gasteiger charge is -2.22. The van der Waals surface area contributed by atoms with Crippen molar-refractivity contribution in [2.24, 2.45) is 5.92 Å². The smallest absolute Gasteiger partial charge is 0.0342 e. The van der Waals surface area contributed by atoms with Gasteiger partial charge in [0.05, 0.1) is 0 Å². The molecule has 1 saturated carbocycles. The van der Waals surface area contributed by atoms with E-state index in [1.807, 2.05) is 60.5 Å². The molecule has 0 spiro atoms. The summed E-state index contributed by atoms with van der Waals surface area (Å²) >= 11 is 0. The van der Waals surface area contributed by atoms with E-state index in [2.05, 4.69) is 198 Å². The Morgan fingerprint density at radius 3 is 0.895 bits per heavy atom. The fraction of sp³-hybridized carbons (Fsp3) is 0.875. The Hall–Kier alpha value is -1.30. The highest BCUT2D eigenvalue weighted by Gasteiger charge is 2.12. The summed E-state index contributed by atoms with van der Waals surface area (Å²) in [5, 5.41) is 25.0. The molecule has 2 rings (SSSR count). The highest BCUT2D eigenvalue weighted by atomic mass is 15.1. The van der Waals surface area contributed by atoms with E-state index >= 15 is 0 Å². The van der Waals surface area contributed by atoms with E-state index in [4.69, 9.17) is 0 Å². The van der Waals surface area contributed by atoms with Crippen molar-refractivity contribution in [1.82, 2.24) is 42.1 Å². The van der Waals surface area contributed by atoms with Gasteiger partial charge in [0.2, 0.25) is 0 Å². The van der Waals surface area contributed by atoms with E-state index in [0.29, 0.717) is 54.4 Å². The van der Waals surface area contributed by atoms with Crippen molar-refractivity contribution >= 4 is 5.69 Å². The quantitative estimate of drug-likeness (QED) is 0.105. The van der Waals surface area contributed by atoms with Crippen molar-refractivity contribution in [2.45, 2.75) is 211 Å². The molecule has 8 N–H and O–H groups in total. The molecule has 0 radical (unpaired) electrons. The van der Waals surface area contributed by atoms with Crippen LogP contribution in [0.15, 0.2) is 30.3 Å². The molecule has 57 heavy (non-hydrogen) atoms. The molecule has 0 aliphatic heterocycles. The molecule has 1 aromatic carbocycles. The van der Waals surface area contributed by atoms with Gasteiger partial charge in [0.15, 0.2) is 0 Å². The van der Waals surface area contributed by atoms with Gasteiger partial charge in [0.25, 0.3) is 0 Å². The van der Waals surface area contributed by atoms with Crippen LogP contribution < -0.4 is 42.5 Å². The second-order valence-corrected chi connectivity index (χ2v) is 17.4. The number of hydrogen-bond acceptors (Lipinski definition) is 9. The first-order valence-electron chi connectivity index (χ1n) is 22.6. The monoisotopic (exact) mass is 816 g/mol. The molecule has 0 heterocycles. The lowest BCUT2D eigenvalue weighted by Crippen LogP contribution is -2.29. The maximum atomic E-state index is 3.52. The molecule has 1 aliphatic rings. The standard InChI is InChI=1S/C10H21N.C9H13N.C5H13N.6C4H11N/c1-9(2)11-8-10-6-4-3-5-7-10;1-8(2)10-9-6-4-3-5-7-9;1-5(2)6(3)4;6*1-4(2)5-3/h9-11H,3-8H2,1-2H3;3-8,10H,1-2H3;5H,1-4H3;6*4-5H,1-3H3. The van der Waals surface area contributed by atoms with Crippen LogP contribution in [0.5, 0.6) is 0 Å². The molecule has 1 aliphatic carbocycles. The fourth-order valence-corrected chi connectivity index (χ4v) is 2.66. The van der Waals surface area contributed by atoms with E-state index < -0.39 is 0 Å². The number of para-hydroxylation sites is 1. The average molecular weight is 816 g/mol. The van der Waals surface area contributed by atoms with Crippen LogP contribution in [-0.2, 0) is 0 Å². The zero-order valence-corrected chi connectivity index (χ0v) is 43.9. The van der Waals surface area contributed by atoms with Crippen LogP contribution in [0.1, 0.15) is 157 Å². The Balaban J connectivity index is -0.000000101. The van der Waals surface area contributed by atoms with Crippen molar-refractivity contribution in [3.63, 3.8) is 0 Å². The molecule has 1 aromatic rings. The summed E-state index contributed by atoms with van der Waals surface area (Å²) in [5.74, 6) is 0.978. The third kappa shape index (κ3) is 96.4. The Morgan fingerprint density at radius 1 is 0.439 bits per heavy atom. The lowest BCUT2D eigenvalue weighted by atomic mass is 9.89. The maximum Gasteiger partial charge on any atom is 0.0342 e. The third-order valence-electron chi connectivity index (χ3n) is 8.27. The minimum Gasteiger partial charge on any atom is -0.383 e. The van der Waals surface area contributed by atoms with Gasteiger partial charge in [-0.05, 0) is 122 Å². The summed E-state index contributed by atoms with van der Waals surface area (Å²) in [6.07, 6.45) is 7.31. The minimum atomic E-state index is 0.516. The molecule has 0 unspecified atom stereocenters. The molecule has 0 bridgehead atoms. The van der Waals surface area contributed by atoms with E-state index in [0.717, 1.165) is 5.92 Å². The molecule has 9 heteroatoms. The van der Waals surface area contributed by atoms with Gasteiger partial charge in [-0.15, -0.1) is 0 Å². The molecule has 0 aromatic heterocycles. The number of hydrogen-bond donors (Lipinski definition) is 8. The number of nitrogens with zero attached hydrogens (tertiary/aromatic N) is 1. The lowest BCUT2D eigenvalue weighted by molar-refractivity contribution is 0.334. The first-order chi connectivity index (χ1) is 26.3. The van der Waals surface area contributed by atoms with E-state index in [1.165, 1.54) is 44.3 Å². The summed E-state index contributed by atoms with van der Waals surface area (Å²) in [7, 11) is 15.8. The van der Waals surface area contributed by atoms with Crippen molar-refractivity contribution < 1.29 is 0 Å². The van der Waals surface area contributed by atoms with Gasteiger partial charge in [-0.1, -0.05) is 134 Å². The maximum absolute atomic E-state index is 3.52. The van der Waals surface area contributed by atoms with Crippen LogP contribution in [-0.4, -0.2) is 122 Å². The van der Waals surface area contributed by atoms with Crippen LogP contribution in [0.2, 0.25) is 0 Å². The second kappa shape index (κ2) is 54.7. The highest BCUT2D eigenvalue weighted by molar-refractivity contribution is 5.42. The summed E-state index contributed by atoms with van der Waals surface area (Å²) < 4.78 is 0. The van der Waals surface area contributed by atoms with E-state index in [9.17, 15) is 0 Å². The first kappa shape index (κ1) is 70.3. The van der Waals surface area contributed by atoms with Crippen molar-refractivity contribution in [3.05, 3.63) is 30.3 Å². The van der Waals surface area contributed by atoms with Gasteiger partial charge in [0.1, 0.15) is 0 Å². The largest absolute Gasteiger partial charge is 0.383 e. The molecule has 1 fully saturated rings. The molecule has 9 nitrogen and oxygen atoms in total. The Labute approximate surface area is 362 Å². The average Bonchev–Trinajstić information content (AvgIpc) is 3.16. The minimum absolute atomic E-state index is 0.516. The van der Waals surface area contributed by atoms with Crippen molar-refractivity contribution in [1.29, 1.82) is 0 Å². The second-order valence-electron chi connectivity index (χ2n) is 17.4. The van der Waals surface area contributed by atoms with Crippen molar-refractivity contribution in [2.75, 3.05) is 68.2 Å². The third-order valence-corrected chi connectivity index (χ3v) is 8.27. The summed E-state index contributed by atoms with van der Waals surface area (Å²) in [6, 6.07) is 15.9.